The summed E-state index contributed by atoms with van der Waals surface area (Å²) in [5, 5.41) is 39.7. The molecule has 33 nitrogen and oxygen atoms in total. The monoisotopic (exact) mass is 1480 g/mol. The van der Waals surface area contributed by atoms with Gasteiger partial charge in [0.15, 0.2) is 16.6 Å². The number of piperidine rings is 2. The second-order valence-corrected chi connectivity index (χ2v) is 26.4. The minimum Gasteiger partial charge on any atom is -0.493 e. The molecule has 0 unspecified atom stereocenters. The number of benzene rings is 4. The average Bonchev–Trinajstić information content (AvgIpc) is 1.67. The standard InChI is InChI=1S/C26H30N8O4.C25H28N8O4.C25H27N5O4/c1-3-5-20-21-22(33(2)31-20)25(36)30-23(29-21)17-6-4-7-19(12-17)38-15-16-8-10-34(11-9-16)26-27-13-18(14-28-26)24(35)32-37;1-3-5-19-20-21(32(2)30-19)24(35)29-22(28-20)15-6-4-7-18(12-15)37-17-8-10-33(11-9-17)25-26-13-16(14-27-25)23(34)31-36;1-4-6-19-21-22(30(3)28-19)25(32)27-23(26-21)18-14-16(9-12-20(18)34-5-2)13-15-7-10-17(11-8-15)24(31)29-33/h4,6-7,12-14,16,37H,3,5,8-11,15H2,1-2H3,(H,32,35)(H,29,30,36);4,6-7,12-14,17,36H,3,5,8-11H2,1-2H3,(H,31,34)(H,28,29,35);7-12,14,33H,4-6,13H2,1-3H3,(H,29,31)(H,26,27,32). The number of H-pyrrole nitrogens is 3. The van der Waals surface area contributed by atoms with Gasteiger partial charge < -0.3 is 39.0 Å². The van der Waals surface area contributed by atoms with Gasteiger partial charge in [-0.3, -0.25) is 58.4 Å². The van der Waals surface area contributed by atoms with E-state index in [1.807, 2.05) is 90.7 Å². The van der Waals surface area contributed by atoms with Gasteiger partial charge in [0.2, 0.25) is 11.9 Å². The first-order valence-corrected chi connectivity index (χ1v) is 36.1. The highest BCUT2D eigenvalue weighted by atomic mass is 16.5. The Morgan fingerprint density at radius 2 is 0.917 bits per heavy atom. The molecule has 0 aliphatic carbocycles. The second-order valence-electron chi connectivity index (χ2n) is 26.4. The molecule has 0 radical (unpaired) electrons. The van der Waals surface area contributed by atoms with Gasteiger partial charge in [0.1, 0.15) is 57.4 Å². The number of amides is 3. The predicted octanol–water partition coefficient (Wildman–Crippen LogP) is 8.10. The number of ether oxygens (including phenoxy) is 3. The van der Waals surface area contributed by atoms with Crippen LogP contribution in [0.2, 0.25) is 0 Å². The molecule has 0 atom stereocenters. The van der Waals surface area contributed by atoms with Crippen LogP contribution in [0.15, 0.2) is 130 Å². The van der Waals surface area contributed by atoms with Crippen molar-refractivity contribution in [2.75, 3.05) is 49.2 Å². The Labute approximate surface area is 623 Å². The van der Waals surface area contributed by atoms with E-state index in [0.717, 1.165) is 117 Å². The van der Waals surface area contributed by atoms with Crippen LogP contribution in [0, 0.1) is 5.92 Å². The van der Waals surface area contributed by atoms with Crippen molar-refractivity contribution in [3.05, 3.63) is 192 Å². The molecular weight excluding hydrogens is 1400 g/mol. The van der Waals surface area contributed by atoms with E-state index in [1.54, 1.807) is 63.8 Å². The zero-order valence-corrected chi connectivity index (χ0v) is 61.4. The fraction of sp³-hybridized carbons (Fsp3) is 0.342. The number of hydroxylamine groups is 3. The molecule has 10 heterocycles. The Morgan fingerprint density at radius 1 is 0.495 bits per heavy atom. The number of anilines is 2. The third-order valence-electron chi connectivity index (χ3n) is 18.7. The molecule has 109 heavy (non-hydrogen) atoms. The number of aromatic nitrogens is 16. The highest BCUT2D eigenvalue weighted by Crippen LogP contribution is 2.33. The SMILES string of the molecule is CCCc1nn(C)c2c(=O)[nH]c(-c3cc(Cc4ccc(C(=O)NO)cc4)ccc3OCC)nc12.CCCc1nn(C)c2c(=O)[nH]c(-c3cccc(OC4CCN(c5ncc(C(=O)NO)cn5)CC4)c3)nc12.CCCc1nn(C)c2c(=O)[nH]c(-c3cccc(OCC4CCN(c5ncc(C(=O)NO)cn5)CC4)c3)nc12. The van der Waals surface area contributed by atoms with Crippen molar-refractivity contribution < 1.29 is 44.2 Å². The molecule has 9 N–H and O–H groups in total. The van der Waals surface area contributed by atoms with Gasteiger partial charge in [0, 0.05) is 102 Å². The zero-order chi connectivity index (χ0) is 76.8. The van der Waals surface area contributed by atoms with Gasteiger partial charge >= 0.3 is 0 Å². The van der Waals surface area contributed by atoms with Crippen molar-refractivity contribution >= 4 is 62.7 Å². The van der Waals surface area contributed by atoms with Crippen LogP contribution in [0.5, 0.6) is 17.2 Å². The Kier molecular flexibility index (Phi) is 24.2. The van der Waals surface area contributed by atoms with Crippen molar-refractivity contribution in [3.8, 4) is 51.4 Å². The molecule has 33 heteroatoms. The van der Waals surface area contributed by atoms with Crippen LogP contribution in [0.25, 0.3) is 67.3 Å². The fourth-order valence-corrected chi connectivity index (χ4v) is 13.2. The van der Waals surface area contributed by atoms with Gasteiger partial charge in [-0.1, -0.05) is 82.5 Å². The number of hydrogen-bond donors (Lipinski definition) is 9. The number of nitrogens with one attached hydrogen (secondary N) is 6. The van der Waals surface area contributed by atoms with Crippen molar-refractivity contribution in [3.63, 3.8) is 0 Å². The summed E-state index contributed by atoms with van der Waals surface area (Å²) >= 11 is 0. The zero-order valence-electron chi connectivity index (χ0n) is 61.4. The van der Waals surface area contributed by atoms with Gasteiger partial charge in [-0.2, -0.15) is 15.3 Å². The fourth-order valence-electron chi connectivity index (χ4n) is 13.2. The lowest BCUT2D eigenvalue weighted by molar-refractivity contribution is 0.0701. The molecule has 0 saturated carbocycles. The summed E-state index contributed by atoms with van der Waals surface area (Å²) in [5.74, 6) is 3.07. The van der Waals surface area contributed by atoms with Crippen molar-refractivity contribution in [2.24, 2.45) is 27.1 Å². The lowest BCUT2D eigenvalue weighted by Crippen LogP contribution is -2.39. The lowest BCUT2D eigenvalue weighted by atomic mass is 9.98. The number of aryl methyl sites for hydroxylation is 6. The molecular formula is C76H85N21O12. The van der Waals surface area contributed by atoms with Crippen LogP contribution in [-0.4, -0.2) is 158 Å². The van der Waals surface area contributed by atoms with Crippen molar-refractivity contribution in [1.29, 1.82) is 0 Å². The molecule has 2 fully saturated rings. The summed E-state index contributed by atoms with van der Waals surface area (Å²) in [6, 6.07) is 27.9. The predicted molar refractivity (Wildman–Crippen MR) is 404 cm³/mol. The van der Waals surface area contributed by atoms with Gasteiger partial charge in [0.05, 0.1) is 47.0 Å². The molecule has 3 amide bonds. The maximum atomic E-state index is 12.9. The quantitative estimate of drug-likeness (QED) is 0.0216. The minimum absolute atomic E-state index is 0.00917. The molecule has 8 aromatic heterocycles. The molecule has 4 aromatic carbocycles. The number of carbonyl (C=O) groups is 3. The first-order chi connectivity index (χ1) is 52.9. The van der Waals surface area contributed by atoms with Crippen molar-refractivity contribution in [1.82, 2.24) is 95.6 Å². The van der Waals surface area contributed by atoms with E-state index < -0.39 is 17.7 Å². The number of aromatic amines is 3. The minimum atomic E-state index is -0.651. The van der Waals surface area contributed by atoms with Crippen molar-refractivity contribution in [2.45, 2.75) is 104 Å². The summed E-state index contributed by atoms with van der Waals surface area (Å²) in [6.07, 6.45) is 14.5. The van der Waals surface area contributed by atoms with Gasteiger partial charge in [-0.25, -0.2) is 51.3 Å². The van der Waals surface area contributed by atoms with Gasteiger partial charge in [0.25, 0.3) is 34.4 Å². The summed E-state index contributed by atoms with van der Waals surface area (Å²) in [5.41, 5.74) is 14.8. The molecule has 566 valence electrons. The summed E-state index contributed by atoms with van der Waals surface area (Å²) < 4.78 is 23.0. The third-order valence-corrected chi connectivity index (χ3v) is 18.7. The Hall–Kier alpha value is -12.6. The highest BCUT2D eigenvalue weighted by molar-refractivity contribution is 5.94. The normalized spacial score (nSPS) is 13.2. The van der Waals surface area contributed by atoms with E-state index in [0.29, 0.717) is 129 Å². The Balaban J connectivity index is 0.000000153. The van der Waals surface area contributed by atoms with E-state index >= 15 is 0 Å². The third kappa shape index (κ3) is 17.6. The Morgan fingerprint density at radius 3 is 1.38 bits per heavy atom. The Bertz CT molecular complexity index is 5410. The summed E-state index contributed by atoms with van der Waals surface area (Å²) in [7, 11) is 5.27. The topological polar surface area (TPSA) is 424 Å². The van der Waals surface area contributed by atoms with Gasteiger partial charge in [-0.15, -0.1) is 0 Å². The molecule has 0 bridgehead atoms. The van der Waals surface area contributed by atoms with E-state index in [9.17, 15) is 28.8 Å². The molecule has 12 aromatic rings. The van der Waals surface area contributed by atoms with Gasteiger partial charge in [-0.05, 0) is 111 Å². The number of fused-ring (bicyclic) bond motifs is 3. The summed E-state index contributed by atoms with van der Waals surface area (Å²) in [4.78, 5) is 117. The van der Waals surface area contributed by atoms with E-state index in [4.69, 9.17) is 44.8 Å². The number of rotatable bonds is 23. The molecule has 2 saturated heterocycles. The first-order valence-electron chi connectivity index (χ1n) is 36.1. The van der Waals surface area contributed by atoms with Crippen LogP contribution in [-0.2, 0) is 46.8 Å². The summed E-state index contributed by atoms with van der Waals surface area (Å²) in [6.45, 7) is 12.1. The maximum absolute atomic E-state index is 12.9. The molecule has 2 aliphatic rings. The molecule has 14 rings (SSSR count). The number of hydrogen-bond acceptors (Lipinski definition) is 24. The average molecular weight is 1480 g/mol. The second kappa shape index (κ2) is 34.7. The van der Waals surface area contributed by atoms with Crippen LogP contribution >= 0.6 is 0 Å². The van der Waals surface area contributed by atoms with E-state index in [-0.39, 0.29) is 33.9 Å². The van der Waals surface area contributed by atoms with Crippen LogP contribution in [0.3, 0.4) is 0 Å². The van der Waals surface area contributed by atoms with Crippen LogP contribution in [0.1, 0.15) is 132 Å². The van der Waals surface area contributed by atoms with E-state index in [2.05, 4.69) is 75.9 Å². The highest BCUT2D eigenvalue weighted by Gasteiger charge is 2.26. The molecule has 0 spiro atoms. The van der Waals surface area contributed by atoms with Crippen LogP contribution < -0.4 is 57.1 Å². The number of carbonyl (C=O) groups excluding carboxylic acids is 3. The van der Waals surface area contributed by atoms with Crippen LogP contribution in [0.4, 0.5) is 11.9 Å². The lowest BCUT2D eigenvalue weighted by Gasteiger charge is -2.32. The first kappa shape index (κ1) is 76.0. The molecule has 2 aliphatic heterocycles. The largest absolute Gasteiger partial charge is 0.493 e. The maximum Gasteiger partial charge on any atom is 0.277 e. The smallest absolute Gasteiger partial charge is 0.277 e. The van der Waals surface area contributed by atoms with E-state index in [1.165, 1.54) is 24.8 Å². The number of nitrogens with zero attached hydrogens (tertiary/aromatic N) is 15.